The summed E-state index contributed by atoms with van der Waals surface area (Å²) in [5.74, 6) is -0.291. The fourth-order valence-electron chi connectivity index (χ4n) is 3.22. The lowest BCUT2D eigenvalue weighted by atomic mass is 10.0. The van der Waals surface area contributed by atoms with Gasteiger partial charge in [-0.25, -0.2) is 14.2 Å². The molecule has 0 bridgehead atoms. The van der Waals surface area contributed by atoms with Gasteiger partial charge in [-0.2, -0.15) is 5.10 Å². The first kappa shape index (κ1) is 15.0. The third-order valence-corrected chi connectivity index (χ3v) is 4.31. The Morgan fingerprint density at radius 2 is 2.05 bits per heavy atom. The first-order valence-electron chi connectivity index (χ1n) is 7.68. The number of hydrogen-bond acceptors (Lipinski definition) is 3. The van der Waals surface area contributed by atoms with Gasteiger partial charge in [-0.3, -0.25) is 0 Å². The van der Waals surface area contributed by atoms with Crippen LogP contribution < -0.4 is 5.32 Å². The normalized spacial score (nSPS) is 28.2. The van der Waals surface area contributed by atoms with Crippen molar-refractivity contribution >= 4 is 12.2 Å². The highest BCUT2D eigenvalue weighted by molar-refractivity contribution is 5.79. The molecule has 0 aliphatic carbocycles. The van der Waals surface area contributed by atoms with Crippen molar-refractivity contribution in [2.24, 2.45) is 5.10 Å². The van der Waals surface area contributed by atoms with E-state index >= 15 is 0 Å². The van der Waals surface area contributed by atoms with Crippen LogP contribution in [0.1, 0.15) is 31.9 Å². The lowest BCUT2D eigenvalue weighted by Gasteiger charge is -2.41. The molecule has 1 saturated heterocycles. The minimum Gasteiger partial charge on any atom is -0.315 e. The van der Waals surface area contributed by atoms with Crippen molar-refractivity contribution < 1.29 is 9.18 Å². The summed E-state index contributed by atoms with van der Waals surface area (Å²) in [5, 5.41) is 9.04. The van der Waals surface area contributed by atoms with Crippen LogP contribution >= 0.6 is 0 Å². The molecule has 5 nitrogen and oxygen atoms in total. The van der Waals surface area contributed by atoms with Crippen LogP contribution in [-0.2, 0) is 0 Å². The molecule has 0 spiro atoms. The molecule has 1 N–H and O–H groups in total. The van der Waals surface area contributed by atoms with E-state index in [2.05, 4.69) is 10.4 Å². The Balaban J connectivity index is 1.83. The Labute approximate surface area is 129 Å². The van der Waals surface area contributed by atoms with Gasteiger partial charge in [-0.15, -0.1) is 0 Å². The standard InChI is InChI=1S/C16H21FN4O/c1-11-9-18-10-12(2)20(11)16(22)21-15(6-7-19-21)13-4-3-5-14(17)8-13/h3-5,7-8,11-12,15,18H,6,9-10H2,1-2H3/t11-,12+,15?. The van der Waals surface area contributed by atoms with Crippen molar-refractivity contribution in [3.63, 3.8) is 0 Å². The number of amides is 2. The molecule has 3 rings (SSSR count). The molecule has 3 atom stereocenters. The van der Waals surface area contributed by atoms with Crippen LogP contribution in [0.25, 0.3) is 0 Å². The van der Waals surface area contributed by atoms with E-state index < -0.39 is 0 Å². The molecule has 2 heterocycles. The number of nitrogens with zero attached hydrogens (tertiary/aromatic N) is 3. The summed E-state index contributed by atoms with van der Waals surface area (Å²) in [5.41, 5.74) is 0.779. The zero-order valence-electron chi connectivity index (χ0n) is 12.9. The summed E-state index contributed by atoms with van der Waals surface area (Å²) in [6.07, 6.45) is 2.34. The van der Waals surface area contributed by atoms with Crippen molar-refractivity contribution in [3.05, 3.63) is 35.6 Å². The van der Waals surface area contributed by atoms with E-state index in [0.29, 0.717) is 6.42 Å². The van der Waals surface area contributed by atoms with Crippen molar-refractivity contribution in [3.8, 4) is 0 Å². The maximum atomic E-state index is 13.5. The second-order valence-electron chi connectivity index (χ2n) is 6.00. The number of carbonyl (C=O) groups excluding carboxylic acids is 1. The van der Waals surface area contributed by atoms with E-state index in [-0.39, 0.29) is 30.0 Å². The zero-order chi connectivity index (χ0) is 15.7. The Bertz CT molecular complexity index is 581. The van der Waals surface area contributed by atoms with Crippen molar-refractivity contribution in [2.45, 2.75) is 38.4 Å². The second-order valence-corrected chi connectivity index (χ2v) is 6.00. The van der Waals surface area contributed by atoms with E-state index in [1.54, 1.807) is 12.3 Å². The smallest absolute Gasteiger partial charge is 0.315 e. The predicted octanol–water partition coefficient (Wildman–Crippen LogP) is 2.36. The fourth-order valence-corrected chi connectivity index (χ4v) is 3.22. The Kier molecular flexibility index (Phi) is 4.11. The van der Waals surface area contributed by atoms with Gasteiger partial charge in [0.25, 0.3) is 0 Å². The van der Waals surface area contributed by atoms with Crippen LogP contribution in [0.5, 0.6) is 0 Å². The number of hydrazone groups is 1. The molecule has 2 amide bonds. The number of benzene rings is 1. The SMILES string of the molecule is C[C@@H]1CNC[C@H](C)N1C(=O)N1N=CCC1c1cccc(F)c1. The molecule has 6 heteroatoms. The van der Waals surface area contributed by atoms with Crippen molar-refractivity contribution in [1.82, 2.24) is 15.2 Å². The summed E-state index contributed by atoms with van der Waals surface area (Å²) in [6.45, 7) is 5.60. The number of urea groups is 1. The largest absolute Gasteiger partial charge is 0.341 e. The summed E-state index contributed by atoms with van der Waals surface area (Å²) < 4.78 is 13.5. The van der Waals surface area contributed by atoms with Gasteiger partial charge in [0.2, 0.25) is 0 Å². The molecule has 2 aliphatic heterocycles. The molecule has 0 aromatic heterocycles. The topological polar surface area (TPSA) is 47.9 Å². The molecule has 22 heavy (non-hydrogen) atoms. The van der Waals surface area contributed by atoms with Gasteiger partial charge in [-0.05, 0) is 31.5 Å². The highest BCUT2D eigenvalue weighted by Crippen LogP contribution is 2.30. The lowest BCUT2D eigenvalue weighted by Crippen LogP contribution is -2.59. The molecule has 1 aromatic carbocycles. The molecule has 1 aromatic rings. The first-order chi connectivity index (χ1) is 10.6. The average molecular weight is 304 g/mol. The number of nitrogens with one attached hydrogen (secondary N) is 1. The van der Waals surface area contributed by atoms with Gasteiger partial charge >= 0.3 is 6.03 Å². The molecular formula is C16H21FN4O. The minimum absolute atomic E-state index is 0.107. The maximum Gasteiger partial charge on any atom is 0.341 e. The van der Waals surface area contributed by atoms with E-state index in [1.165, 1.54) is 17.1 Å². The third-order valence-electron chi connectivity index (χ3n) is 4.31. The number of carbonyl (C=O) groups is 1. The average Bonchev–Trinajstić information content (AvgIpc) is 2.96. The van der Waals surface area contributed by atoms with Crippen LogP contribution in [-0.4, -0.2) is 47.3 Å². The van der Waals surface area contributed by atoms with Gasteiger partial charge in [0.05, 0.1) is 6.04 Å². The van der Waals surface area contributed by atoms with Crippen LogP contribution in [0, 0.1) is 5.82 Å². The monoisotopic (exact) mass is 304 g/mol. The summed E-state index contributed by atoms with van der Waals surface area (Å²) in [4.78, 5) is 14.8. The zero-order valence-corrected chi connectivity index (χ0v) is 12.9. The lowest BCUT2D eigenvalue weighted by molar-refractivity contribution is 0.0921. The Morgan fingerprint density at radius 1 is 1.32 bits per heavy atom. The molecule has 118 valence electrons. The minimum atomic E-state index is -0.291. The quantitative estimate of drug-likeness (QED) is 0.866. The number of halogens is 1. The highest BCUT2D eigenvalue weighted by Gasteiger charge is 2.37. The number of rotatable bonds is 1. The molecule has 1 unspecified atom stereocenters. The van der Waals surface area contributed by atoms with Crippen LogP contribution in [0.15, 0.2) is 29.4 Å². The predicted molar refractivity (Wildman–Crippen MR) is 83.1 cm³/mol. The molecular weight excluding hydrogens is 283 g/mol. The summed E-state index contributed by atoms with van der Waals surface area (Å²) in [7, 11) is 0. The molecule has 0 radical (unpaired) electrons. The summed E-state index contributed by atoms with van der Waals surface area (Å²) in [6, 6.07) is 6.29. The van der Waals surface area contributed by atoms with Crippen LogP contribution in [0.2, 0.25) is 0 Å². The van der Waals surface area contributed by atoms with Gasteiger partial charge in [0, 0.05) is 37.8 Å². The van der Waals surface area contributed by atoms with Gasteiger partial charge in [0.1, 0.15) is 5.82 Å². The van der Waals surface area contributed by atoms with E-state index in [0.717, 1.165) is 18.7 Å². The van der Waals surface area contributed by atoms with E-state index in [4.69, 9.17) is 0 Å². The van der Waals surface area contributed by atoms with Gasteiger partial charge < -0.3 is 10.2 Å². The summed E-state index contributed by atoms with van der Waals surface area (Å²) >= 11 is 0. The fraction of sp³-hybridized carbons (Fsp3) is 0.500. The van der Waals surface area contributed by atoms with Crippen molar-refractivity contribution in [2.75, 3.05) is 13.1 Å². The third kappa shape index (κ3) is 2.70. The first-order valence-corrected chi connectivity index (χ1v) is 7.68. The highest BCUT2D eigenvalue weighted by atomic mass is 19.1. The molecule has 1 fully saturated rings. The van der Waals surface area contributed by atoms with Crippen LogP contribution in [0.4, 0.5) is 9.18 Å². The molecule has 2 aliphatic rings. The Morgan fingerprint density at radius 3 is 2.73 bits per heavy atom. The maximum absolute atomic E-state index is 13.5. The van der Waals surface area contributed by atoms with Gasteiger partial charge in [-0.1, -0.05) is 12.1 Å². The Hall–Kier alpha value is -1.95. The van der Waals surface area contributed by atoms with E-state index in [9.17, 15) is 9.18 Å². The van der Waals surface area contributed by atoms with E-state index in [1.807, 2.05) is 24.8 Å². The van der Waals surface area contributed by atoms with Gasteiger partial charge in [0.15, 0.2) is 0 Å². The number of hydrogen-bond donors (Lipinski definition) is 1. The van der Waals surface area contributed by atoms with Crippen molar-refractivity contribution in [1.29, 1.82) is 0 Å². The molecule has 0 saturated carbocycles. The van der Waals surface area contributed by atoms with Crippen LogP contribution in [0.3, 0.4) is 0 Å². The number of piperazine rings is 1. The second kappa shape index (κ2) is 6.04.